The third-order valence-electron chi connectivity index (χ3n) is 3.59. The Kier molecular flexibility index (Phi) is 7.62. The van der Waals surface area contributed by atoms with Crippen LogP contribution in [0.4, 0.5) is 0 Å². The molecule has 0 aliphatic heterocycles. The largest absolute Gasteiger partial charge is 0.494 e. The van der Waals surface area contributed by atoms with E-state index in [0.29, 0.717) is 25.1 Å². The van der Waals surface area contributed by atoms with E-state index >= 15 is 0 Å². The smallest absolute Gasteiger partial charge is 0.270 e. The van der Waals surface area contributed by atoms with Gasteiger partial charge in [-0.05, 0) is 49.6 Å². The molecule has 23 heavy (non-hydrogen) atoms. The number of ether oxygens (including phenoxy) is 1. The first-order valence-corrected chi connectivity index (χ1v) is 8.17. The van der Waals surface area contributed by atoms with Gasteiger partial charge in [-0.3, -0.25) is 15.6 Å². The lowest BCUT2D eigenvalue weighted by Crippen LogP contribution is -2.51. The van der Waals surface area contributed by atoms with E-state index < -0.39 is 11.5 Å². The van der Waals surface area contributed by atoms with Gasteiger partial charge in [0, 0.05) is 0 Å². The van der Waals surface area contributed by atoms with Crippen LogP contribution < -0.4 is 15.6 Å². The number of amides is 1. The number of carbonyl (C=O) groups excluding carboxylic acids is 1. The van der Waals surface area contributed by atoms with E-state index in [1.165, 1.54) is 0 Å². The van der Waals surface area contributed by atoms with E-state index in [1.807, 2.05) is 45.0 Å². The molecule has 0 aliphatic rings. The van der Waals surface area contributed by atoms with Crippen LogP contribution in [0.5, 0.6) is 5.75 Å². The van der Waals surface area contributed by atoms with Crippen LogP contribution in [0.15, 0.2) is 30.8 Å². The summed E-state index contributed by atoms with van der Waals surface area (Å²) in [6, 6.07) is 7.41. The molecule has 5 heteroatoms. The van der Waals surface area contributed by atoms with Crippen LogP contribution in [0, 0.1) is 0 Å². The topological polar surface area (TPSA) is 70.6 Å². The van der Waals surface area contributed by atoms with Crippen molar-refractivity contribution in [3.63, 3.8) is 0 Å². The number of rotatable bonds is 10. The normalized spacial score (nSPS) is 11.0. The van der Waals surface area contributed by atoms with Crippen molar-refractivity contribution in [2.24, 2.45) is 0 Å². The molecular weight excluding hydrogens is 292 g/mol. The summed E-state index contributed by atoms with van der Waals surface area (Å²) < 4.78 is 5.38. The zero-order valence-electron chi connectivity index (χ0n) is 14.3. The highest BCUT2D eigenvalue weighted by Crippen LogP contribution is 2.20. The Hall–Kier alpha value is -2.01. The molecule has 128 valence electrons. The van der Waals surface area contributed by atoms with Gasteiger partial charge in [0.1, 0.15) is 11.4 Å². The van der Waals surface area contributed by atoms with Crippen LogP contribution in [-0.4, -0.2) is 23.2 Å². The molecule has 0 atom stereocenters. The van der Waals surface area contributed by atoms with Crippen molar-refractivity contribution in [1.82, 2.24) is 10.9 Å². The molecule has 1 aromatic rings. The lowest BCUT2D eigenvalue weighted by atomic mass is 9.92. The Bertz CT molecular complexity index is 506. The minimum atomic E-state index is -1.34. The van der Waals surface area contributed by atoms with Crippen molar-refractivity contribution in [2.45, 2.75) is 52.1 Å². The van der Waals surface area contributed by atoms with Gasteiger partial charge in [0.15, 0.2) is 0 Å². The third-order valence-corrected chi connectivity index (χ3v) is 3.59. The van der Waals surface area contributed by atoms with Crippen LogP contribution in [-0.2, 0) is 4.79 Å². The molecule has 0 saturated carbocycles. The molecule has 0 aliphatic carbocycles. The summed E-state index contributed by atoms with van der Waals surface area (Å²) in [4.78, 5) is 12.2. The molecule has 1 amide bonds. The monoisotopic (exact) mass is 320 g/mol. The van der Waals surface area contributed by atoms with Gasteiger partial charge in [0.05, 0.1) is 12.3 Å². The summed E-state index contributed by atoms with van der Waals surface area (Å²) in [5, 5.41) is 10.5. The molecule has 0 bridgehead atoms. The van der Waals surface area contributed by atoms with Gasteiger partial charge >= 0.3 is 0 Å². The predicted molar refractivity (Wildman–Crippen MR) is 92.7 cm³/mol. The Labute approximate surface area is 138 Å². The molecule has 0 radical (unpaired) electrons. The molecule has 1 rings (SSSR count). The van der Waals surface area contributed by atoms with E-state index in [-0.39, 0.29) is 0 Å². The average molecular weight is 320 g/mol. The van der Waals surface area contributed by atoms with Crippen molar-refractivity contribution in [2.75, 3.05) is 6.61 Å². The summed E-state index contributed by atoms with van der Waals surface area (Å²) in [5.41, 5.74) is 5.39. The number of hydrazine groups is 1. The van der Waals surface area contributed by atoms with Crippen molar-refractivity contribution in [1.29, 1.82) is 0 Å². The first-order chi connectivity index (χ1) is 11.0. The zero-order chi connectivity index (χ0) is 17.3. The van der Waals surface area contributed by atoms with Crippen molar-refractivity contribution >= 4 is 11.6 Å². The Morgan fingerprint density at radius 1 is 1.13 bits per heavy atom. The molecule has 0 heterocycles. The molecule has 0 fully saturated rings. The third kappa shape index (κ3) is 5.60. The van der Waals surface area contributed by atoms with Crippen molar-refractivity contribution in [3.8, 4) is 5.75 Å². The second-order valence-corrected chi connectivity index (χ2v) is 5.55. The molecule has 0 unspecified atom stereocenters. The van der Waals surface area contributed by atoms with E-state index in [9.17, 15) is 9.90 Å². The highest BCUT2D eigenvalue weighted by molar-refractivity contribution is 5.85. The maximum absolute atomic E-state index is 12.2. The standard InChI is InChI=1S/C18H28N2O3/c1-5-12-18(22,13-6-2)17(21)20-19-14(4)15-8-10-16(11-9-15)23-7-3/h8-11,19,22H,4-7,12-13H2,1-3H3,(H,20,21). The van der Waals surface area contributed by atoms with Gasteiger partial charge in [-0.15, -0.1) is 0 Å². The fraction of sp³-hybridized carbons (Fsp3) is 0.500. The SMILES string of the molecule is C=C(NNC(=O)C(O)(CCC)CCC)c1ccc(OCC)cc1. The van der Waals surface area contributed by atoms with Gasteiger partial charge in [-0.1, -0.05) is 33.3 Å². The van der Waals surface area contributed by atoms with Gasteiger partial charge in [0.25, 0.3) is 5.91 Å². The minimum absolute atomic E-state index is 0.423. The van der Waals surface area contributed by atoms with Gasteiger partial charge in [-0.25, -0.2) is 0 Å². The molecular formula is C18H28N2O3. The quantitative estimate of drug-likeness (QED) is 0.580. The van der Waals surface area contributed by atoms with Gasteiger partial charge in [0.2, 0.25) is 0 Å². The number of carbonyl (C=O) groups is 1. The Morgan fingerprint density at radius 2 is 1.70 bits per heavy atom. The van der Waals surface area contributed by atoms with Crippen LogP contribution in [0.25, 0.3) is 5.70 Å². The number of aliphatic hydroxyl groups is 1. The second kappa shape index (κ2) is 9.20. The lowest BCUT2D eigenvalue weighted by molar-refractivity contribution is -0.142. The first kappa shape index (κ1) is 19.0. The summed E-state index contributed by atoms with van der Waals surface area (Å²) in [5.74, 6) is 0.363. The summed E-state index contributed by atoms with van der Waals surface area (Å²) in [6.07, 6.45) is 2.35. The molecule has 5 nitrogen and oxygen atoms in total. The predicted octanol–water partition coefficient (Wildman–Crippen LogP) is 3.01. The van der Waals surface area contributed by atoms with Crippen LogP contribution in [0.1, 0.15) is 52.0 Å². The summed E-state index contributed by atoms with van der Waals surface area (Å²) in [7, 11) is 0. The lowest BCUT2D eigenvalue weighted by Gasteiger charge is -2.26. The summed E-state index contributed by atoms with van der Waals surface area (Å²) >= 11 is 0. The van der Waals surface area contributed by atoms with Crippen LogP contribution >= 0.6 is 0 Å². The van der Waals surface area contributed by atoms with Crippen LogP contribution in [0.3, 0.4) is 0 Å². The maximum atomic E-state index is 12.2. The molecule has 0 spiro atoms. The number of hydrogen-bond acceptors (Lipinski definition) is 4. The second-order valence-electron chi connectivity index (χ2n) is 5.55. The molecule has 0 saturated heterocycles. The fourth-order valence-electron chi connectivity index (χ4n) is 2.42. The number of hydrogen-bond donors (Lipinski definition) is 3. The van der Waals surface area contributed by atoms with Gasteiger partial charge in [-0.2, -0.15) is 0 Å². The van der Waals surface area contributed by atoms with Crippen molar-refractivity contribution < 1.29 is 14.6 Å². The Balaban J connectivity index is 2.61. The number of nitrogens with one attached hydrogen (secondary N) is 2. The highest BCUT2D eigenvalue weighted by Gasteiger charge is 2.33. The average Bonchev–Trinajstić information content (AvgIpc) is 2.53. The fourth-order valence-corrected chi connectivity index (χ4v) is 2.42. The maximum Gasteiger partial charge on any atom is 0.270 e. The van der Waals surface area contributed by atoms with E-state index in [4.69, 9.17) is 4.74 Å². The molecule has 3 N–H and O–H groups in total. The van der Waals surface area contributed by atoms with E-state index in [1.54, 1.807) is 0 Å². The van der Waals surface area contributed by atoms with Gasteiger partial charge < -0.3 is 9.84 Å². The number of benzene rings is 1. The van der Waals surface area contributed by atoms with E-state index in [0.717, 1.165) is 24.2 Å². The van der Waals surface area contributed by atoms with Crippen LogP contribution in [0.2, 0.25) is 0 Å². The first-order valence-electron chi connectivity index (χ1n) is 8.17. The van der Waals surface area contributed by atoms with E-state index in [2.05, 4.69) is 17.4 Å². The molecule has 1 aromatic carbocycles. The summed E-state index contributed by atoms with van der Waals surface area (Å²) in [6.45, 7) is 10.3. The van der Waals surface area contributed by atoms with Crippen molar-refractivity contribution in [3.05, 3.63) is 36.4 Å². The zero-order valence-corrected chi connectivity index (χ0v) is 14.3. The minimum Gasteiger partial charge on any atom is -0.494 e. The molecule has 0 aromatic heterocycles. The Morgan fingerprint density at radius 3 is 2.17 bits per heavy atom. The highest BCUT2D eigenvalue weighted by atomic mass is 16.5.